The number of rotatable bonds is 5. The number of aryl methyl sites for hydroxylation is 1. The Morgan fingerprint density at radius 1 is 1.47 bits per heavy atom. The highest BCUT2D eigenvalue weighted by molar-refractivity contribution is 5.53. The maximum Gasteiger partial charge on any atom is 0.229 e. The molecule has 5 heteroatoms. The molecule has 0 radical (unpaired) electrons. The van der Waals surface area contributed by atoms with Crippen LogP contribution in [0.1, 0.15) is 31.2 Å². The van der Waals surface area contributed by atoms with Gasteiger partial charge in [0.05, 0.1) is 12.5 Å². The van der Waals surface area contributed by atoms with E-state index in [0.717, 1.165) is 30.5 Å². The molecule has 1 unspecified atom stereocenters. The van der Waals surface area contributed by atoms with Crippen molar-refractivity contribution in [2.24, 2.45) is 5.92 Å². The van der Waals surface area contributed by atoms with Crippen LogP contribution in [0.4, 0.5) is 0 Å². The minimum Gasteiger partial charge on any atom is -0.392 e. The summed E-state index contributed by atoms with van der Waals surface area (Å²) in [5, 5.41) is 13.8. The third-order valence-electron chi connectivity index (χ3n) is 3.50. The van der Waals surface area contributed by atoms with Gasteiger partial charge < -0.3 is 9.63 Å². The molecule has 1 atom stereocenters. The standard InChI is InChI=1S/C14H17N3O2/c1-2-9-4-3-7-15-13(9)14-16-12(19-17-14)8-11(18)10-5-6-10/h3-4,7,10-11,18H,2,5-6,8H2,1H3. The Balaban J connectivity index is 1.80. The van der Waals surface area contributed by atoms with Crippen LogP contribution < -0.4 is 0 Å². The Bertz CT molecular complexity index is 563. The van der Waals surface area contributed by atoms with E-state index in [1.54, 1.807) is 6.20 Å². The molecule has 2 aromatic heterocycles. The fourth-order valence-electron chi connectivity index (χ4n) is 2.19. The van der Waals surface area contributed by atoms with E-state index in [4.69, 9.17) is 4.52 Å². The highest BCUT2D eigenvalue weighted by atomic mass is 16.5. The number of nitrogens with zero attached hydrogens (tertiary/aromatic N) is 3. The van der Waals surface area contributed by atoms with Crippen LogP contribution in [0.15, 0.2) is 22.9 Å². The molecule has 0 aromatic carbocycles. The summed E-state index contributed by atoms with van der Waals surface area (Å²) in [7, 11) is 0. The van der Waals surface area contributed by atoms with Gasteiger partial charge in [0.25, 0.3) is 0 Å². The van der Waals surface area contributed by atoms with Gasteiger partial charge in [-0.25, -0.2) is 0 Å². The molecule has 0 spiro atoms. The van der Waals surface area contributed by atoms with Crippen molar-refractivity contribution in [3.8, 4) is 11.5 Å². The van der Waals surface area contributed by atoms with E-state index in [1.807, 2.05) is 12.1 Å². The van der Waals surface area contributed by atoms with Crippen molar-refractivity contribution in [2.45, 2.75) is 38.7 Å². The van der Waals surface area contributed by atoms with Gasteiger partial charge in [-0.15, -0.1) is 0 Å². The van der Waals surface area contributed by atoms with Gasteiger partial charge in [0.15, 0.2) is 0 Å². The number of hydrogen-bond acceptors (Lipinski definition) is 5. The number of hydrogen-bond donors (Lipinski definition) is 1. The van der Waals surface area contributed by atoms with Crippen LogP contribution in [0.25, 0.3) is 11.5 Å². The Kier molecular flexibility index (Phi) is 3.29. The molecule has 2 heterocycles. The van der Waals surface area contributed by atoms with E-state index in [9.17, 15) is 5.11 Å². The van der Waals surface area contributed by atoms with Gasteiger partial charge in [0.2, 0.25) is 11.7 Å². The summed E-state index contributed by atoms with van der Waals surface area (Å²) in [6.45, 7) is 2.07. The molecule has 0 saturated heterocycles. The molecule has 5 nitrogen and oxygen atoms in total. The van der Waals surface area contributed by atoms with E-state index in [1.165, 1.54) is 0 Å². The third kappa shape index (κ3) is 2.66. The first-order chi connectivity index (χ1) is 9.28. The lowest BCUT2D eigenvalue weighted by Gasteiger charge is -2.03. The van der Waals surface area contributed by atoms with Gasteiger partial charge in [0, 0.05) is 6.20 Å². The summed E-state index contributed by atoms with van der Waals surface area (Å²) in [4.78, 5) is 8.65. The molecule has 1 saturated carbocycles. The molecular weight excluding hydrogens is 242 g/mol. The van der Waals surface area contributed by atoms with Crippen molar-refractivity contribution in [1.82, 2.24) is 15.1 Å². The number of aliphatic hydroxyl groups is 1. The first-order valence-electron chi connectivity index (χ1n) is 6.73. The van der Waals surface area contributed by atoms with Crippen LogP contribution in [0.5, 0.6) is 0 Å². The van der Waals surface area contributed by atoms with Crippen molar-refractivity contribution in [2.75, 3.05) is 0 Å². The third-order valence-corrected chi connectivity index (χ3v) is 3.50. The molecule has 1 N–H and O–H groups in total. The molecule has 1 fully saturated rings. The Morgan fingerprint density at radius 3 is 3.05 bits per heavy atom. The number of aliphatic hydroxyl groups excluding tert-OH is 1. The largest absolute Gasteiger partial charge is 0.392 e. The second-order valence-electron chi connectivity index (χ2n) is 4.99. The fourth-order valence-corrected chi connectivity index (χ4v) is 2.19. The summed E-state index contributed by atoms with van der Waals surface area (Å²) in [6.07, 6.45) is 4.88. The number of pyridine rings is 1. The van der Waals surface area contributed by atoms with Gasteiger partial charge >= 0.3 is 0 Å². The Labute approximate surface area is 111 Å². The van der Waals surface area contributed by atoms with E-state index >= 15 is 0 Å². The van der Waals surface area contributed by atoms with E-state index < -0.39 is 0 Å². The van der Waals surface area contributed by atoms with Gasteiger partial charge in [-0.05, 0) is 36.8 Å². The van der Waals surface area contributed by atoms with Crippen LogP contribution >= 0.6 is 0 Å². The van der Waals surface area contributed by atoms with Crippen LogP contribution in [0.2, 0.25) is 0 Å². The SMILES string of the molecule is CCc1cccnc1-c1noc(CC(O)C2CC2)n1. The summed E-state index contributed by atoms with van der Waals surface area (Å²) >= 11 is 0. The Hall–Kier alpha value is -1.75. The normalized spacial score (nSPS) is 16.5. The second kappa shape index (κ2) is 5.09. The lowest BCUT2D eigenvalue weighted by atomic mass is 10.1. The average molecular weight is 259 g/mol. The summed E-state index contributed by atoms with van der Waals surface area (Å²) in [5.74, 6) is 1.41. The first-order valence-corrected chi connectivity index (χ1v) is 6.73. The van der Waals surface area contributed by atoms with E-state index in [2.05, 4.69) is 22.0 Å². The summed E-state index contributed by atoms with van der Waals surface area (Å²) in [6, 6.07) is 3.91. The highest BCUT2D eigenvalue weighted by Gasteiger charge is 2.31. The molecule has 1 aliphatic carbocycles. The van der Waals surface area contributed by atoms with Gasteiger partial charge in [-0.3, -0.25) is 4.98 Å². The summed E-state index contributed by atoms with van der Waals surface area (Å²) < 4.78 is 5.21. The molecule has 19 heavy (non-hydrogen) atoms. The highest BCUT2D eigenvalue weighted by Crippen LogP contribution is 2.33. The molecule has 3 rings (SSSR count). The zero-order chi connectivity index (χ0) is 13.2. The predicted octanol–water partition coefficient (Wildman–Crippen LogP) is 2.01. The van der Waals surface area contributed by atoms with Crippen molar-refractivity contribution < 1.29 is 9.63 Å². The van der Waals surface area contributed by atoms with Crippen LogP contribution in [-0.4, -0.2) is 26.3 Å². The Morgan fingerprint density at radius 2 is 2.32 bits per heavy atom. The number of aromatic nitrogens is 3. The minimum atomic E-state index is -0.359. The maximum absolute atomic E-state index is 9.88. The second-order valence-corrected chi connectivity index (χ2v) is 4.99. The van der Waals surface area contributed by atoms with Gasteiger partial charge in [-0.2, -0.15) is 4.98 Å². The van der Waals surface area contributed by atoms with Gasteiger partial charge in [0.1, 0.15) is 5.69 Å². The van der Waals surface area contributed by atoms with Crippen LogP contribution in [0.3, 0.4) is 0 Å². The van der Waals surface area contributed by atoms with Crippen LogP contribution in [0, 0.1) is 5.92 Å². The molecule has 2 aromatic rings. The smallest absolute Gasteiger partial charge is 0.229 e. The predicted molar refractivity (Wildman–Crippen MR) is 69.3 cm³/mol. The molecule has 1 aliphatic rings. The molecule has 0 amide bonds. The monoisotopic (exact) mass is 259 g/mol. The molecule has 0 bridgehead atoms. The molecular formula is C14H17N3O2. The topological polar surface area (TPSA) is 72.0 Å². The lowest BCUT2D eigenvalue weighted by molar-refractivity contribution is 0.140. The van der Waals surface area contributed by atoms with Crippen molar-refractivity contribution >= 4 is 0 Å². The fraction of sp³-hybridized carbons (Fsp3) is 0.500. The van der Waals surface area contributed by atoms with E-state index in [-0.39, 0.29) is 6.10 Å². The first kappa shape index (κ1) is 12.3. The zero-order valence-electron chi connectivity index (χ0n) is 10.9. The summed E-state index contributed by atoms with van der Waals surface area (Å²) in [5.41, 5.74) is 1.86. The molecule has 0 aliphatic heterocycles. The van der Waals surface area contributed by atoms with Crippen molar-refractivity contribution in [1.29, 1.82) is 0 Å². The maximum atomic E-state index is 9.88. The zero-order valence-corrected chi connectivity index (χ0v) is 10.9. The van der Waals surface area contributed by atoms with Crippen LogP contribution in [-0.2, 0) is 12.8 Å². The average Bonchev–Trinajstić information content (AvgIpc) is 3.20. The van der Waals surface area contributed by atoms with Gasteiger partial charge in [-0.1, -0.05) is 18.1 Å². The lowest BCUT2D eigenvalue weighted by Crippen LogP contribution is -2.12. The minimum absolute atomic E-state index is 0.359. The van der Waals surface area contributed by atoms with Crippen molar-refractivity contribution in [3.05, 3.63) is 29.8 Å². The molecule has 100 valence electrons. The van der Waals surface area contributed by atoms with Crippen molar-refractivity contribution in [3.63, 3.8) is 0 Å². The van der Waals surface area contributed by atoms with E-state index in [0.29, 0.717) is 24.1 Å². The quantitative estimate of drug-likeness (QED) is 0.889.